The largest absolute Gasteiger partial charge is 0.395 e. The van der Waals surface area contributed by atoms with E-state index in [-0.39, 0.29) is 12.4 Å². The number of halogens is 1. The van der Waals surface area contributed by atoms with Crippen molar-refractivity contribution in [3.63, 3.8) is 0 Å². The molecule has 0 aliphatic carbocycles. The van der Waals surface area contributed by atoms with Crippen LogP contribution in [0.4, 0.5) is 4.39 Å². The van der Waals surface area contributed by atoms with Gasteiger partial charge in [-0.15, -0.1) is 0 Å². The van der Waals surface area contributed by atoms with Crippen molar-refractivity contribution in [2.24, 2.45) is 0 Å². The molecule has 2 N–H and O–H groups in total. The van der Waals surface area contributed by atoms with Crippen molar-refractivity contribution < 1.29 is 14.6 Å². The average Bonchev–Trinajstić information content (AvgIpc) is 2.41. The molecule has 4 nitrogen and oxygen atoms in total. The fourth-order valence-corrected chi connectivity index (χ4v) is 2.40. The highest BCUT2D eigenvalue weighted by Gasteiger charge is 2.19. The normalized spacial score (nSPS) is 19.5. The van der Waals surface area contributed by atoms with Crippen LogP contribution in [0.5, 0.6) is 0 Å². The zero-order valence-corrected chi connectivity index (χ0v) is 11.0. The lowest BCUT2D eigenvalue weighted by molar-refractivity contribution is 0.0660. The van der Waals surface area contributed by atoms with Gasteiger partial charge < -0.3 is 10.2 Å². The van der Waals surface area contributed by atoms with Crippen molar-refractivity contribution in [3.8, 4) is 0 Å². The smallest absolute Gasteiger partial charge is 0.123 e. The maximum Gasteiger partial charge on any atom is 0.123 e. The van der Waals surface area contributed by atoms with Crippen LogP contribution in [0.3, 0.4) is 0 Å². The first kappa shape index (κ1) is 14.4. The third kappa shape index (κ3) is 4.24. The van der Waals surface area contributed by atoms with Crippen LogP contribution in [0.1, 0.15) is 11.7 Å². The second-order valence-corrected chi connectivity index (χ2v) is 4.94. The van der Waals surface area contributed by atoms with Gasteiger partial charge in [0.1, 0.15) is 5.82 Å². The standard InChI is InChI=1S/C14H21FN2O2/c15-13-3-1-2-12(10-13)14(19)11-17-6-4-16(5-7-17)8-9-18/h1-3,10,14,18-19H,4-9,11H2. The van der Waals surface area contributed by atoms with Gasteiger partial charge in [0.2, 0.25) is 0 Å². The van der Waals surface area contributed by atoms with Gasteiger partial charge in [-0.05, 0) is 17.7 Å². The number of rotatable bonds is 5. The van der Waals surface area contributed by atoms with E-state index in [0.29, 0.717) is 18.7 Å². The fraction of sp³-hybridized carbons (Fsp3) is 0.571. The van der Waals surface area contributed by atoms with Crippen LogP contribution in [-0.4, -0.2) is 65.9 Å². The quantitative estimate of drug-likeness (QED) is 0.815. The Morgan fingerprint density at radius 2 is 1.84 bits per heavy atom. The Balaban J connectivity index is 1.82. The molecule has 1 aliphatic rings. The number of hydrogen-bond donors (Lipinski definition) is 2. The van der Waals surface area contributed by atoms with Crippen molar-refractivity contribution in [2.45, 2.75) is 6.10 Å². The summed E-state index contributed by atoms with van der Waals surface area (Å²) in [6.45, 7) is 4.95. The number of β-amino-alcohol motifs (C(OH)–C–C–N with tert-alkyl or cyclic N) is 2. The lowest BCUT2D eigenvalue weighted by atomic mass is 10.1. The number of aliphatic hydroxyl groups is 2. The molecule has 0 amide bonds. The Bertz CT molecular complexity index is 395. The number of nitrogens with zero attached hydrogens (tertiary/aromatic N) is 2. The summed E-state index contributed by atoms with van der Waals surface area (Å²) in [5.41, 5.74) is 0.623. The minimum absolute atomic E-state index is 0.186. The molecule has 1 atom stereocenters. The predicted octanol–water partition coefficient (Wildman–Crippen LogP) is 0.469. The van der Waals surface area contributed by atoms with Crippen LogP contribution >= 0.6 is 0 Å². The van der Waals surface area contributed by atoms with Gasteiger partial charge in [0.05, 0.1) is 12.7 Å². The van der Waals surface area contributed by atoms with E-state index >= 15 is 0 Å². The molecule has 0 saturated carbocycles. The van der Waals surface area contributed by atoms with Gasteiger partial charge in [0, 0.05) is 39.3 Å². The van der Waals surface area contributed by atoms with E-state index < -0.39 is 6.10 Å². The van der Waals surface area contributed by atoms with Crippen LogP contribution in [0.2, 0.25) is 0 Å². The van der Waals surface area contributed by atoms with E-state index in [1.807, 2.05) is 0 Å². The van der Waals surface area contributed by atoms with Crippen molar-refractivity contribution in [3.05, 3.63) is 35.6 Å². The molecular weight excluding hydrogens is 247 g/mol. The van der Waals surface area contributed by atoms with Gasteiger partial charge in [0.25, 0.3) is 0 Å². The number of piperazine rings is 1. The summed E-state index contributed by atoms with van der Waals surface area (Å²) in [6, 6.07) is 6.12. The van der Waals surface area contributed by atoms with Crippen molar-refractivity contribution in [1.29, 1.82) is 0 Å². The Kier molecular flexibility index (Phi) is 5.27. The molecule has 106 valence electrons. The molecule has 1 saturated heterocycles. The van der Waals surface area contributed by atoms with E-state index in [1.54, 1.807) is 12.1 Å². The first-order chi connectivity index (χ1) is 9.19. The van der Waals surface area contributed by atoms with Crippen LogP contribution in [-0.2, 0) is 0 Å². The van der Waals surface area contributed by atoms with Gasteiger partial charge in [-0.3, -0.25) is 9.80 Å². The topological polar surface area (TPSA) is 46.9 Å². The molecule has 0 radical (unpaired) electrons. The summed E-state index contributed by atoms with van der Waals surface area (Å²) in [4.78, 5) is 4.37. The van der Waals surface area contributed by atoms with E-state index in [4.69, 9.17) is 5.11 Å². The molecule has 1 aromatic rings. The summed E-state index contributed by atoms with van der Waals surface area (Å²) in [7, 11) is 0. The van der Waals surface area contributed by atoms with E-state index in [0.717, 1.165) is 26.2 Å². The summed E-state index contributed by atoms with van der Waals surface area (Å²) >= 11 is 0. The second kappa shape index (κ2) is 6.96. The minimum atomic E-state index is -0.653. The molecule has 1 heterocycles. The maximum absolute atomic E-state index is 13.1. The maximum atomic E-state index is 13.1. The third-order valence-electron chi connectivity index (χ3n) is 3.55. The number of aliphatic hydroxyl groups excluding tert-OH is 2. The predicted molar refractivity (Wildman–Crippen MR) is 71.3 cm³/mol. The lowest BCUT2D eigenvalue weighted by Gasteiger charge is -2.35. The fourth-order valence-electron chi connectivity index (χ4n) is 2.40. The molecule has 2 rings (SSSR count). The number of hydrogen-bond acceptors (Lipinski definition) is 4. The monoisotopic (exact) mass is 268 g/mol. The molecule has 1 aromatic carbocycles. The molecule has 5 heteroatoms. The summed E-state index contributed by atoms with van der Waals surface area (Å²) in [5, 5.41) is 19.0. The van der Waals surface area contributed by atoms with E-state index in [2.05, 4.69) is 9.80 Å². The van der Waals surface area contributed by atoms with Gasteiger partial charge in [-0.1, -0.05) is 12.1 Å². The highest BCUT2D eigenvalue weighted by atomic mass is 19.1. The molecule has 1 unspecified atom stereocenters. The highest BCUT2D eigenvalue weighted by Crippen LogP contribution is 2.16. The Morgan fingerprint density at radius 3 is 2.47 bits per heavy atom. The van der Waals surface area contributed by atoms with Crippen molar-refractivity contribution in [2.75, 3.05) is 45.9 Å². The van der Waals surface area contributed by atoms with Crippen LogP contribution in [0.15, 0.2) is 24.3 Å². The first-order valence-electron chi connectivity index (χ1n) is 6.68. The van der Waals surface area contributed by atoms with Gasteiger partial charge in [0.15, 0.2) is 0 Å². The van der Waals surface area contributed by atoms with Crippen LogP contribution < -0.4 is 0 Å². The molecule has 1 fully saturated rings. The third-order valence-corrected chi connectivity index (χ3v) is 3.55. The highest BCUT2D eigenvalue weighted by molar-refractivity contribution is 5.19. The zero-order chi connectivity index (χ0) is 13.7. The molecule has 0 aromatic heterocycles. The summed E-state index contributed by atoms with van der Waals surface area (Å²) in [5.74, 6) is -0.315. The Morgan fingerprint density at radius 1 is 1.16 bits per heavy atom. The van der Waals surface area contributed by atoms with E-state index in [9.17, 15) is 9.50 Å². The van der Waals surface area contributed by atoms with Gasteiger partial charge in [-0.2, -0.15) is 0 Å². The lowest BCUT2D eigenvalue weighted by Crippen LogP contribution is -2.48. The van der Waals surface area contributed by atoms with Crippen molar-refractivity contribution in [1.82, 2.24) is 9.80 Å². The van der Waals surface area contributed by atoms with Crippen LogP contribution in [0.25, 0.3) is 0 Å². The van der Waals surface area contributed by atoms with Gasteiger partial charge >= 0.3 is 0 Å². The summed E-state index contributed by atoms with van der Waals surface area (Å²) < 4.78 is 13.1. The van der Waals surface area contributed by atoms with E-state index in [1.165, 1.54) is 12.1 Å². The molecular formula is C14H21FN2O2. The van der Waals surface area contributed by atoms with Crippen LogP contribution in [0, 0.1) is 5.82 Å². The molecule has 0 bridgehead atoms. The zero-order valence-electron chi connectivity index (χ0n) is 11.0. The summed E-state index contributed by atoms with van der Waals surface area (Å²) in [6.07, 6.45) is -0.653. The minimum Gasteiger partial charge on any atom is -0.395 e. The first-order valence-corrected chi connectivity index (χ1v) is 6.68. The second-order valence-electron chi connectivity index (χ2n) is 4.94. The SMILES string of the molecule is OCCN1CCN(CC(O)c2cccc(F)c2)CC1. The number of benzene rings is 1. The Labute approximate surface area is 113 Å². The van der Waals surface area contributed by atoms with Gasteiger partial charge in [-0.25, -0.2) is 4.39 Å². The van der Waals surface area contributed by atoms with Crippen molar-refractivity contribution >= 4 is 0 Å². The molecule has 1 aliphatic heterocycles. The average molecular weight is 268 g/mol. The Hall–Kier alpha value is -1.01. The molecule has 19 heavy (non-hydrogen) atoms. The molecule has 0 spiro atoms.